The molecule has 3 N–H and O–H groups in total. The first-order valence-corrected chi connectivity index (χ1v) is 10.4. The first-order valence-electron chi connectivity index (χ1n) is 9.58. The van der Waals surface area contributed by atoms with Gasteiger partial charge in [-0.2, -0.15) is 5.26 Å². The lowest BCUT2D eigenvalue weighted by molar-refractivity contribution is 0.139. The summed E-state index contributed by atoms with van der Waals surface area (Å²) in [5.74, 6) is 1.35. The number of fused-ring (bicyclic) bond motifs is 4. The van der Waals surface area contributed by atoms with Gasteiger partial charge in [0.05, 0.1) is 15.7 Å². The average molecular weight is 401 g/mol. The van der Waals surface area contributed by atoms with Gasteiger partial charge in [-0.25, -0.2) is 4.98 Å². The Balaban J connectivity index is 0.000000706. The monoisotopic (exact) mass is 400 g/mol. The number of piperidine rings is 1. The van der Waals surface area contributed by atoms with Crippen molar-refractivity contribution in [1.82, 2.24) is 9.88 Å². The highest BCUT2D eigenvalue weighted by atomic mass is 32.1. The molecule has 0 amide bonds. The first kappa shape index (κ1) is 20.6. The molecule has 0 aromatic carbocycles. The molecule has 1 fully saturated rings. The number of ether oxygens (including phenoxy) is 1. The zero-order valence-electron chi connectivity index (χ0n) is 17.2. The fraction of sp³-hybridized carbons (Fsp3) is 0.524. The van der Waals surface area contributed by atoms with Crippen LogP contribution in [0.25, 0.3) is 10.2 Å². The Kier molecular flexibility index (Phi) is 5.67. The highest BCUT2D eigenvalue weighted by Crippen LogP contribution is 2.57. The van der Waals surface area contributed by atoms with Gasteiger partial charge in [-0.1, -0.05) is 6.92 Å². The number of likely N-dealkylation sites (tertiary alicyclic amines) is 1. The molecular weight excluding hydrogens is 372 g/mol. The van der Waals surface area contributed by atoms with Gasteiger partial charge in [0.1, 0.15) is 16.5 Å². The number of hydrogen-bond donors (Lipinski definition) is 2. The zero-order valence-corrected chi connectivity index (χ0v) is 18.0. The summed E-state index contributed by atoms with van der Waals surface area (Å²) in [4.78, 5) is 9.13. The number of nitriles is 1. The molecule has 6 nitrogen and oxygen atoms in total. The average Bonchev–Trinajstić information content (AvgIpc) is 2.97. The third kappa shape index (κ3) is 3.06. The number of hydrogen-bond acceptors (Lipinski definition) is 7. The Bertz CT molecular complexity index is 975. The maximum Gasteiger partial charge on any atom is 0.205 e. The van der Waals surface area contributed by atoms with E-state index in [9.17, 15) is 5.26 Å². The van der Waals surface area contributed by atoms with Crippen molar-refractivity contribution in [3.05, 3.63) is 33.7 Å². The van der Waals surface area contributed by atoms with E-state index in [1.54, 1.807) is 18.3 Å². The van der Waals surface area contributed by atoms with Crippen molar-refractivity contribution in [3.8, 4) is 11.8 Å². The summed E-state index contributed by atoms with van der Waals surface area (Å²) in [5, 5.41) is 18.5. The molecule has 1 spiro atoms. The van der Waals surface area contributed by atoms with Gasteiger partial charge in [-0.05, 0) is 58.3 Å². The van der Waals surface area contributed by atoms with Crippen molar-refractivity contribution in [2.45, 2.75) is 39.5 Å². The van der Waals surface area contributed by atoms with Crippen LogP contribution in [0.2, 0.25) is 0 Å². The molecular formula is C21H28N4O2S. The second kappa shape index (κ2) is 7.70. The minimum atomic E-state index is -0.370. The number of nitrogens with two attached hydrogens (primary N) is 1. The lowest BCUT2D eigenvalue weighted by Crippen LogP contribution is -2.50. The molecule has 4 heterocycles. The maximum atomic E-state index is 9.87. The van der Waals surface area contributed by atoms with Crippen molar-refractivity contribution in [2.75, 3.05) is 26.7 Å². The minimum absolute atomic E-state index is 0.250. The Hall–Kier alpha value is -2.14. The summed E-state index contributed by atoms with van der Waals surface area (Å²) in [6.45, 7) is 10.1. The van der Waals surface area contributed by atoms with E-state index in [0.717, 1.165) is 51.6 Å². The summed E-state index contributed by atoms with van der Waals surface area (Å²) in [7, 11) is 2.13. The van der Waals surface area contributed by atoms with Crippen molar-refractivity contribution in [1.29, 1.82) is 5.26 Å². The molecule has 2 unspecified atom stereocenters. The largest absolute Gasteiger partial charge is 0.439 e. The Labute approximate surface area is 170 Å². The molecule has 0 aliphatic carbocycles. The van der Waals surface area contributed by atoms with E-state index in [2.05, 4.69) is 37.9 Å². The maximum absolute atomic E-state index is 9.87. The quantitative estimate of drug-likeness (QED) is 0.705. The molecule has 1 saturated heterocycles. The van der Waals surface area contributed by atoms with Crippen LogP contribution in [0, 0.1) is 31.1 Å². The standard InChI is InChI=1S/C19H22N4OS.C2H6O/c1-10-7-12(3)22-18-14(10)15-16(25-18)19(13(8-20)17(21)24-15)5-6-23(4)9-11(19)2;1-2-3/h7,11H,5-6,9,21H2,1-4H3;3H,2H2,1H3. The molecule has 2 aromatic heterocycles. The predicted octanol–water partition coefficient (Wildman–Crippen LogP) is 3.21. The molecule has 2 aromatic rings. The Morgan fingerprint density at radius 3 is 2.79 bits per heavy atom. The second-order valence-corrected chi connectivity index (χ2v) is 8.67. The summed E-state index contributed by atoms with van der Waals surface area (Å²) in [6, 6.07) is 4.44. The molecule has 4 rings (SSSR count). The third-order valence-electron chi connectivity index (χ3n) is 5.68. The van der Waals surface area contributed by atoms with E-state index in [-0.39, 0.29) is 23.8 Å². The van der Waals surface area contributed by atoms with Crippen LogP contribution < -0.4 is 10.5 Å². The van der Waals surface area contributed by atoms with Crippen LogP contribution in [-0.2, 0) is 5.41 Å². The van der Waals surface area contributed by atoms with Gasteiger partial charge < -0.3 is 20.5 Å². The van der Waals surface area contributed by atoms with Gasteiger partial charge in [0.25, 0.3) is 0 Å². The van der Waals surface area contributed by atoms with Crippen molar-refractivity contribution in [3.63, 3.8) is 0 Å². The van der Waals surface area contributed by atoms with Gasteiger partial charge in [0.15, 0.2) is 5.75 Å². The van der Waals surface area contributed by atoms with Gasteiger partial charge >= 0.3 is 0 Å². The van der Waals surface area contributed by atoms with E-state index < -0.39 is 0 Å². The van der Waals surface area contributed by atoms with Crippen LogP contribution in [0.5, 0.6) is 5.75 Å². The van der Waals surface area contributed by atoms with Crippen LogP contribution in [0.1, 0.15) is 36.4 Å². The molecule has 0 bridgehead atoms. The van der Waals surface area contributed by atoms with Gasteiger partial charge in [-0.15, -0.1) is 11.3 Å². The van der Waals surface area contributed by atoms with Crippen LogP contribution in [0.15, 0.2) is 17.5 Å². The first-order chi connectivity index (χ1) is 13.3. The molecule has 7 heteroatoms. The van der Waals surface area contributed by atoms with E-state index >= 15 is 0 Å². The topological polar surface area (TPSA) is 95.4 Å². The lowest BCUT2D eigenvalue weighted by Gasteiger charge is -2.46. The summed E-state index contributed by atoms with van der Waals surface area (Å²) in [6.07, 6.45) is 0.871. The molecule has 2 aliphatic heterocycles. The number of pyridine rings is 1. The van der Waals surface area contributed by atoms with E-state index in [1.807, 2.05) is 6.92 Å². The molecule has 150 valence electrons. The number of aliphatic hydroxyl groups excluding tert-OH is 1. The van der Waals surface area contributed by atoms with Crippen molar-refractivity contribution in [2.24, 2.45) is 11.7 Å². The highest BCUT2D eigenvalue weighted by molar-refractivity contribution is 7.19. The number of aryl methyl sites for hydroxylation is 2. The SMILES string of the molecule is CCO.Cc1cc(C)c2c3c(sc2n1)C1(CCN(C)CC1C)C(C#N)=C(N)O3. The van der Waals surface area contributed by atoms with Crippen LogP contribution in [0.4, 0.5) is 0 Å². The van der Waals surface area contributed by atoms with Crippen molar-refractivity contribution >= 4 is 21.6 Å². The fourth-order valence-electron chi connectivity index (χ4n) is 4.49. The summed E-state index contributed by atoms with van der Waals surface area (Å²) in [5.41, 5.74) is 8.60. The molecule has 2 atom stereocenters. The third-order valence-corrected chi connectivity index (χ3v) is 6.92. The number of aromatic nitrogens is 1. The second-order valence-electron chi connectivity index (χ2n) is 7.67. The zero-order chi connectivity index (χ0) is 20.6. The molecule has 0 saturated carbocycles. The molecule has 28 heavy (non-hydrogen) atoms. The van der Waals surface area contributed by atoms with Crippen LogP contribution >= 0.6 is 11.3 Å². The number of thiophene rings is 1. The van der Waals surface area contributed by atoms with E-state index in [0.29, 0.717) is 5.57 Å². The van der Waals surface area contributed by atoms with E-state index in [1.165, 1.54) is 0 Å². The minimum Gasteiger partial charge on any atom is -0.439 e. The Morgan fingerprint density at radius 2 is 2.18 bits per heavy atom. The van der Waals surface area contributed by atoms with Gasteiger partial charge in [-0.3, -0.25) is 0 Å². The Morgan fingerprint density at radius 1 is 1.50 bits per heavy atom. The van der Waals surface area contributed by atoms with Gasteiger partial charge in [0.2, 0.25) is 5.88 Å². The van der Waals surface area contributed by atoms with Gasteiger partial charge in [0, 0.05) is 18.8 Å². The van der Waals surface area contributed by atoms with Crippen LogP contribution in [0.3, 0.4) is 0 Å². The van der Waals surface area contributed by atoms with Crippen molar-refractivity contribution < 1.29 is 9.84 Å². The highest BCUT2D eigenvalue weighted by Gasteiger charge is 2.52. The number of nitrogens with zero attached hydrogens (tertiary/aromatic N) is 3. The molecule has 2 aliphatic rings. The number of rotatable bonds is 0. The summed E-state index contributed by atoms with van der Waals surface area (Å²) >= 11 is 1.66. The summed E-state index contributed by atoms with van der Waals surface area (Å²) < 4.78 is 6.00. The fourth-order valence-corrected chi connectivity index (χ4v) is 6.05. The molecule has 0 radical (unpaired) electrons. The normalized spacial score (nSPS) is 24.4. The lowest BCUT2D eigenvalue weighted by atomic mass is 9.64. The van der Waals surface area contributed by atoms with Crippen LogP contribution in [-0.4, -0.2) is 41.7 Å². The smallest absolute Gasteiger partial charge is 0.205 e. The number of allylic oxidation sites excluding steroid dienone is 1. The number of aliphatic hydroxyl groups is 1. The van der Waals surface area contributed by atoms with E-state index in [4.69, 9.17) is 20.6 Å². The predicted molar refractivity (Wildman–Crippen MR) is 112 cm³/mol.